The summed E-state index contributed by atoms with van der Waals surface area (Å²) in [6.07, 6.45) is 0. The van der Waals surface area contributed by atoms with Crippen LogP contribution in [-0.4, -0.2) is 43.0 Å². The van der Waals surface area contributed by atoms with Crippen LogP contribution in [0.3, 0.4) is 0 Å². The number of amides is 2. The van der Waals surface area contributed by atoms with Crippen molar-refractivity contribution in [2.24, 2.45) is 11.8 Å². The predicted molar refractivity (Wildman–Crippen MR) is 77.9 cm³/mol. The van der Waals surface area contributed by atoms with E-state index in [1.54, 1.807) is 6.92 Å². The van der Waals surface area contributed by atoms with Gasteiger partial charge in [0.1, 0.15) is 12.1 Å². The number of esters is 1. The van der Waals surface area contributed by atoms with Crippen molar-refractivity contribution in [2.75, 3.05) is 7.11 Å². The van der Waals surface area contributed by atoms with Gasteiger partial charge in [0.25, 0.3) is 5.91 Å². The summed E-state index contributed by atoms with van der Waals surface area (Å²) in [7, 11) is 1.27. The fourth-order valence-electron chi connectivity index (χ4n) is 1.70. The first kappa shape index (κ1) is 19.4. The summed E-state index contributed by atoms with van der Waals surface area (Å²) < 4.78 is 4.68. The molecule has 7 heteroatoms. The van der Waals surface area contributed by atoms with Gasteiger partial charge in [-0.1, -0.05) is 27.7 Å². The van der Waals surface area contributed by atoms with Gasteiger partial charge < -0.3 is 21.1 Å². The summed E-state index contributed by atoms with van der Waals surface area (Å²) in [4.78, 5) is 35.7. The Morgan fingerprint density at radius 1 is 0.857 bits per heavy atom. The molecule has 0 radical (unpaired) electrons. The zero-order valence-electron chi connectivity index (χ0n) is 13.7. The number of quaternary nitrogens is 1. The minimum Gasteiger partial charge on any atom is -0.467 e. The molecule has 3 atom stereocenters. The molecule has 0 saturated carbocycles. The fraction of sp³-hybridized carbons (Fsp3) is 0.786. The topological polar surface area (TPSA) is 112 Å². The van der Waals surface area contributed by atoms with E-state index in [4.69, 9.17) is 0 Å². The van der Waals surface area contributed by atoms with Crippen LogP contribution in [0.25, 0.3) is 0 Å². The van der Waals surface area contributed by atoms with Gasteiger partial charge in [-0.2, -0.15) is 0 Å². The molecule has 0 spiro atoms. The summed E-state index contributed by atoms with van der Waals surface area (Å²) in [5.41, 5.74) is 3.62. The van der Waals surface area contributed by atoms with Gasteiger partial charge in [0.15, 0.2) is 6.04 Å². The van der Waals surface area contributed by atoms with Crippen LogP contribution in [-0.2, 0) is 19.1 Å². The van der Waals surface area contributed by atoms with Crippen LogP contribution in [0.15, 0.2) is 0 Å². The van der Waals surface area contributed by atoms with Crippen molar-refractivity contribution in [3.8, 4) is 0 Å². The van der Waals surface area contributed by atoms with E-state index < -0.39 is 30.0 Å². The highest BCUT2D eigenvalue weighted by Crippen LogP contribution is 2.07. The third-order valence-corrected chi connectivity index (χ3v) is 3.11. The maximum atomic E-state index is 12.3. The lowest BCUT2D eigenvalue weighted by Gasteiger charge is -2.26. The van der Waals surface area contributed by atoms with E-state index in [2.05, 4.69) is 21.1 Å². The van der Waals surface area contributed by atoms with Crippen molar-refractivity contribution in [2.45, 2.75) is 52.7 Å². The zero-order valence-corrected chi connectivity index (χ0v) is 13.7. The van der Waals surface area contributed by atoms with E-state index in [0.717, 1.165) is 0 Å². The molecule has 0 unspecified atom stereocenters. The average Bonchev–Trinajstić information content (AvgIpc) is 2.39. The Bertz CT molecular complexity index is 380. The predicted octanol–water partition coefficient (Wildman–Crippen LogP) is -0.929. The highest BCUT2D eigenvalue weighted by atomic mass is 16.5. The van der Waals surface area contributed by atoms with Crippen LogP contribution in [0, 0.1) is 11.8 Å². The lowest BCUT2D eigenvalue weighted by molar-refractivity contribution is -0.398. The first-order valence-corrected chi connectivity index (χ1v) is 7.13. The van der Waals surface area contributed by atoms with Crippen LogP contribution in [0.2, 0.25) is 0 Å². The SMILES string of the molecule is COC(=O)[C@@H](NC(=O)[C@@H](NC(=O)[C@H](C)[NH3+])C(C)C)C(C)C. The van der Waals surface area contributed by atoms with Gasteiger partial charge in [0.05, 0.1) is 7.11 Å². The number of methoxy groups -OCH3 is 1. The van der Waals surface area contributed by atoms with E-state index in [0.29, 0.717) is 0 Å². The molecule has 0 aromatic heterocycles. The number of rotatable bonds is 7. The highest BCUT2D eigenvalue weighted by molar-refractivity contribution is 5.91. The Hall–Kier alpha value is -1.63. The molecular weight excluding hydrogens is 274 g/mol. The number of hydrogen-bond acceptors (Lipinski definition) is 4. The molecular formula is C14H28N3O4+. The Labute approximate surface area is 126 Å². The highest BCUT2D eigenvalue weighted by Gasteiger charge is 2.31. The summed E-state index contributed by atoms with van der Waals surface area (Å²) >= 11 is 0. The van der Waals surface area contributed by atoms with Crippen LogP contribution in [0.4, 0.5) is 0 Å². The van der Waals surface area contributed by atoms with E-state index in [1.807, 2.05) is 27.7 Å². The maximum Gasteiger partial charge on any atom is 0.328 e. The lowest BCUT2D eigenvalue weighted by Crippen LogP contribution is -2.68. The second-order valence-electron chi connectivity index (χ2n) is 5.88. The number of nitrogens with one attached hydrogen (secondary N) is 2. The molecule has 21 heavy (non-hydrogen) atoms. The normalized spacial score (nSPS) is 15.3. The van der Waals surface area contributed by atoms with Gasteiger partial charge in [-0.25, -0.2) is 4.79 Å². The second-order valence-corrected chi connectivity index (χ2v) is 5.88. The number of ether oxygens (including phenoxy) is 1. The molecule has 122 valence electrons. The quantitative estimate of drug-likeness (QED) is 0.527. The number of carbonyl (C=O) groups is 3. The molecule has 5 N–H and O–H groups in total. The number of hydrogen-bond donors (Lipinski definition) is 3. The minimum atomic E-state index is -0.738. The van der Waals surface area contributed by atoms with Crippen LogP contribution in [0.1, 0.15) is 34.6 Å². The van der Waals surface area contributed by atoms with Crippen molar-refractivity contribution >= 4 is 17.8 Å². The summed E-state index contributed by atoms with van der Waals surface area (Å²) in [5, 5.41) is 5.30. The zero-order chi connectivity index (χ0) is 16.7. The van der Waals surface area contributed by atoms with E-state index >= 15 is 0 Å². The smallest absolute Gasteiger partial charge is 0.328 e. The molecule has 7 nitrogen and oxygen atoms in total. The monoisotopic (exact) mass is 302 g/mol. The van der Waals surface area contributed by atoms with Gasteiger partial charge in [0.2, 0.25) is 5.91 Å². The molecule has 0 aliphatic carbocycles. The maximum absolute atomic E-state index is 12.3. The average molecular weight is 302 g/mol. The van der Waals surface area contributed by atoms with Gasteiger partial charge >= 0.3 is 5.97 Å². The van der Waals surface area contributed by atoms with E-state index in [1.165, 1.54) is 7.11 Å². The Morgan fingerprint density at radius 3 is 1.62 bits per heavy atom. The largest absolute Gasteiger partial charge is 0.467 e. The molecule has 0 saturated heterocycles. The summed E-state index contributed by atoms with van der Waals surface area (Å²) in [6, 6.07) is -1.91. The molecule has 2 amide bonds. The Kier molecular flexibility index (Phi) is 7.94. The third kappa shape index (κ3) is 6.12. The van der Waals surface area contributed by atoms with Gasteiger partial charge in [0, 0.05) is 0 Å². The Balaban J connectivity index is 4.97. The molecule has 0 fully saturated rings. The van der Waals surface area contributed by atoms with Crippen molar-refractivity contribution in [3.05, 3.63) is 0 Å². The molecule has 0 aromatic carbocycles. The lowest BCUT2D eigenvalue weighted by atomic mass is 10.00. The van der Waals surface area contributed by atoms with Gasteiger partial charge in [-0.15, -0.1) is 0 Å². The molecule has 0 aliphatic rings. The summed E-state index contributed by atoms with van der Waals surface area (Å²) in [6.45, 7) is 8.91. The van der Waals surface area contributed by atoms with Crippen molar-refractivity contribution in [3.63, 3.8) is 0 Å². The molecule has 0 rings (SSSR count). The summed E-state index contributed by atoms with van der Waals surface area (Å²) in [5.74, 6) is -1.43. The van der Waals surface area contributed by atoms with Crippen molar-refractivity contribution in [1.82, 2.24) is 10.6 Å². The van der Waals surface area contributed by atoms with E-state index in [9.17, 15) is 14.4 Å². The van der Waals surface area contributed by atoms with Gasteiger partial charge in [-0.3, -0.25) is 9.59 Å². The molecule has 0 heterocycles. The fourth-order valence-corrected chi connectivity index (χ4v) is 1.70. The van der Waals surface area contributed by atoms with Crippen molar-refractivity contribution in [1.29, 1.82) is 0 Å². The first-order chi connectivity index (χ1) is 9.61. The number of carbonyl (C=O) groups excluding carboxylic acids is 3. The van der Waals surface area contributed by atoms with Crippen LogP contribution < -0.4 is 16.4 Å². The molecule has 0 bridgehead atoms. The first-order valence-electron chi connectivity index (χ1n) is 7.13. The van der Waals surface area contributed by atoms with Gasteiger partial charge in [-0.05, 0) is 18.8 Å². The third-order valence-electron chi connectivity index (χ3n) is 3.11. The minimum absolute atomic E-state index is 0.113. The standard InChI is InChI=1S/C14H27N3O4/c1-7(2)10(16-12(18)9(5)15)13(19)17-11(8(3)4)14(20)21-6/h7-11H,15H2,1-6H3,(H,16,18)(H,17,19)/p+1/t9-,10-,11-/m0/s1. The second kappa shape index (κ2) is 8.61. The molecule has 0 aliphatic heterocycles. The van der Waals surface area contributed by atoms with Crippen molar-refractivity contribution < 1.29 is 24.9 Å². The Morgan fingerprint density at radius 2 is 1.29 bits per heavy atom. The van der Waals surface area contributed by atoms with E-state index in [-0.39, 0.29) is 17.7 Å². The van der Waals surface area contributed by atoms with Crippen LogP contribution in [0.5, 0.6) is 0 Å². The van der Waals surface area contributed by atoms with Crippen LogP contribution >= 0.6 is 0 Å². The molecule has 0 aromatic rings.